The zero-order chi connectivity index (χ0) is 13.7. The number of rotatable bonds is 5. The standard InChI is InChI=1S/C12H19N5O2/c1-2-13-11-8-10(17(18)19)9-12(14-11)15-16-6-4-3-5-7-16/h8-9H,2-7H2,1H3,(H2,13,14,15). The molecular formula is C12H19N5O2. The van der Waals surface area contributed by atoms with Gasteiger partial charge in [-0.25, -0.2) is 9.99 Å². The van der Waals surface area contributed by atoms with Crippen LogP contribution in [0.5, 0.6) is 0 Å². The number of hydrazine groups is 1. The summed E-state index contributed by atoms with van der Waals surface area (Å²) in [6.45, 7) is 4.50. The van der Waals surface area contributed by atoms with Crippen LogP contribution < -0.4 is 10.7 Å². The second-order valence-electron chi connectivity index (χ2n) is 4.54. The van der Waals surface area contributed by atoms with Crippen LogP contribution in [0.4, 0.5) is 17.3 Å². The minimum absolute atomic E-state index is 0.0467. The zero-order valence-corrected chi connectivity index (χ0v) is 11.1. The van der Waals surface area contributed by atoms with Crippen molar-refractivity contribution in [3.8, 4) is 0 Å². The lowest BCUT2D eigenvalue weighted by Gasteiger charge is -2.27. The molecule has 2 N–H and O–H groups in total. The van der Waals surface area contributed by atoms with Crippen LogP contribution in [-0.2, 0) is 0 Å². The normalized spacial score (nSPS) is 16.1. The maximum atomic E-state index is 10.9. The Kier molecular flexibility index (Phi) is 4.51. The second kappa shape index (κ2) is 6.33. The van der Waals surface area contributed by atoms with Crippen molar-refractivity contribution in [1.29, 1.82) is 0 Å². The Morgan fingerprint density at radius 1 is 1.32 bits per heavy atom. The molecule has 0 amide bonds. The van der Waals surface area contributed by atoms with Gasteiger partial charge in [0.1, 0.15) is 11.6 Å². The predicted octanol–water partition coefficient (Wildman–Crippen LogP) is 2.23. The molecule has 7 heteroatoms. The largest absolute Gasteiger partial charge is 0.370 e. The number of anilines is 2. The van der Waals surface area contributed by atoms with E-state index in [0.717, 1.165) is 25.9 Å². The van der Waals surface area contributed by atoms with Gasteiger partial charge in [-0.1, -0.05) is 6.42 Å². The molecule has 2 heterocycles. The van der Waals surface area contributed by atoms with Gasteiger partial charge in [-0.05, 0) is 19.8 Å². The minimum atomic E-state index is -0.399. The van der Waals surface area contributed by atoms with Gasteiger partial charge < -0.3 is 10.7 Å². The summed E-state index contributed by atoms with van der Waals surface area (Å²) in [7, 11) is 0. The smallest absolute Gasteiger partial charge is 0.276 e. The number of nitro groups is 1. The number of aromatic nitrogens is 1. The van der Waals surface area contributed by atoms with Crippen molar-refractivity contribution in [3.05, 3.63) is 22.2 Å². The van der Waals surface area contributed by atoms with Crippen molar-refractivity contribution in [2.24, 2.45) is 0 Å². The first-order chi connectivity index (χ1) is 9.19. The summed E-state index contributed by atoms with van der Waals surface area (Å²) in [6, 6.07) is 2.92. The molecule has 0 spiro atoms. The van der Waals surface area contributed by atoms with Crippen LogP contribution >= 0.6 is 0 Å². The average Bonchev–Trinajstić information content (AvgIpc) is 2.40. The Morgan fingerprint density at radius 2 is 2.00 bits per heavy atom. The van der Waals surface area contributed by atoms with E-state index < -0.39 is 4.92 Å². The lowest BCUT2D eigenvalue weighted by molar-refractivity contribution is -0.384. The molecule has 0 bridgehead atoms. The lowest BCUT2D eigenvalue weighted by Crippen LogP contribution is -2.35. The molecule has 1 aromatic rings. The number of hydrogen-bond acceptors (Lipinski definition) is 6. The van der Waals surface area contributed by atoms with Crippen molar-refractivity contribution in [2.45, 2.75) is 26.2 Å². The molecule has 19 heavy (non-hydrogen) atoms. The summed E-state index contributed by atoms with van der Waals surface area (Å²) >= 11 is 0. The van der Waals surface area contributed by atoms with Gasteiger partial charge in [-0.15, -0.1) is 0 Å². The highest BCUT2D eigenvalue weighted by Crippen LogP contribution is 2.21. The van der Waals surface area contributed by atoms with Gasteiger partial charge in [0, 0.05) is 19.6 Å². The molecule has 0 unspecified atom stereocenters. The molecule has 1 aliphatic heterocycles. The summed E-state index contributed by atoms with van der Waals surface area (Å²) in [4.78, 5) is 14.8. The van der Waals surface area contributed by atoms with Crippen LogP contribution in [0.1, 0.15) is 26.2 Å². The molecule has 1 fully saturated rings. The van der Waals surface area contributed by atoms with Gasteiger partial charge in [0.15, 0.2) is 0 Å². The van der Waals surface area contributed by atoms with Gasteiger partial charge in [0.25, 0.3) is 5.69 Å². The molecule has 1 aromatic heterocycles. The van der Waals surface area contributed by atoms with Crippen molar-refractivity contribution >= 4 is 17.3 Å². The fourth-order valence-electron chi connectivity index (χ4n) is 2.12. The lowest BCUT2D eigenvalue weighted by atomic mass is 10.2. The molecule has 0 aliphatic carbocycles. The van der Waals surface area contributed by atoms with E-state index in [1.165, 1.54) is 18.6 Å². The zero-order valence-electron chi connectivity index (χ0n) is 11.1. The highest BCUT2D eigenvalue weighted by molar-refractivity contribution is 5.54. The summed E-state index contributed by atoms with van der Waals surface area (Å²) < 4.78 is 0. The van der Waals surface area contributed by atoms with Gasteiger partial charge in [0.05, 0.1) is 17.1 Å². The third kappa shape index (κ3) is 3.78. The third-order valence-corrected chi connectivity index (χ3v) is 3.01. The summed E-state index contributed by atoms with van der Waals surface area (Å²) in [6.07, 6.45) is 3.52. The van der Waals surface area contributed by atoms with Gasteiger partial charge in [0.2, 0.25) is 0 Å². The van der Waals surface area contributed by atoms with Gasteiger partial charge in [-0.3, -0.25) is 10.1 Å². The van der Waals surface area contributed by atoms with E-state index >= 15 is 0 Å². The Bertz CT molecular complexity index is 446. The summed E-state index contributed by atoms with van der Waals surface area (Å²) in [5.74, 6) is 1.04. The van der Waals surface area contributed by atoms with Gasteiger partial charge in [-0.2, -0.15) is 0 Å². The predicted molar refractivity (Wildman–Crippen MR) is 74.1 cm³/mol. The molecule has 104 valence electrons. The first-order valence-electron chi connectivity index (χ1n) is 6.61. The highest BCUT2D eigenvalue weighted by atomic mass is 16.6. The fourth-order valence-corrected chi connectivity index (χ4v) is 2.12. The summed E-state index contributed by atoms with van der Waals surface area (Å²) in [5.41, 5.74) is 3.20. The van der Waals surface area contributed by atoms with Crippen molar-refractivity contribution < 1.29 is 4.92 Å². The van der Waals surface area contributed by atoms with E-state index in [0.29, 0.717) is 18.2 Å². The molecule has 0 atom stereocenters. The number of hydrogen-bond donors (Lipinski definition) is 2. The van der Waals surface area contributed by atoms with Crippen LogP contribution in [0, 0.1) is 10.1 Å². The quantitative estimate of drug-likeness (QED) is 0.627. The Morgan fingerprint density at radius 3 is 2.63 bits per heavy atom. The second-order valence-corrected chi connectivity index (χ2v) is 4.54. The molecule has 0 saturated carbocycles. The Hall–Kier alpha value is -1.89. The minimum Gasteiger partial charge on any atom is -0.370 e. The molecule has 2 rings (SSSR count). The van der Waals surface area contributed by atoms with E-state index in [-0.39, 0.29) is 5.69 Å². The Labute approximate surface area is 112 Å². The van der Waals surface area contributed by atoms with Crippen LogP contribution in [0.2, 0.25) is 0 Å². The monoisotopic (exact) mass is 265 g/mol. The third-order valence-electron chi connectivity index (χ3n) is 3.01. The van der Waals surface area contributed by atoms with E-state index in [4.69, 9.17) is 0 Å². The topological polar surface area (TPSA) is 83.3 Å². The summed E-state index contributed by atoms with van der Waals surface area (Å²) in [5, 5.41) is 16.0. The van der Waals surface area contributed by atoms with Crippen LogP contribution in [0.15, 0.2) is 12.1 Å². The maximum Gasteiger partial charge on any atom is 0.276 e. The van der Waals surface area contributed by atoms with E-state index in [2.05, 4.69) is 20.7 Å². The fraction of sp³-hybridized carbons (Fsp3) is 0.583. The van der Waals surface area contributed by atoms with Crippen LogP contribution in [0.25, 0.3) is 0 Å². The Balaban J connectivity index is 2.15. The first-order valence-corrected chi connectivity index (χ1v) is 6.61. The molecule has 1 aliphatic rings. The number of nitrogens with one attached hydrogen (secondary N) is 2. The number of pyridine rings is 1. The average molecular weight is 265 g/mol. The van der Waals surface area contributed by atoms with Crippen molar-refractivity contribution in [2.75, 3.05) is 30.4 Å². The van der Waals surface area contributed by atoms with E-state index in [9.17, 15) is 10.1 Å². The maximum absolute atomic E-state index is 10.9. The number of piperidine rings is 1. The highest BCUT2D eigenvalue weighted by Gasteiger charge is 2.14. The van der Waals surface area contributed by atoms with E-state index in [1.54, 1.807) is 0 Å². The molecule has 1 saturated heterocycles. The molecule has 7 nitrogen and oxygen atoms in total. The van der Waals surface area contributed by atoms with Gasteiger partial charge >= 0.3 is 0 Å². The van der Waals surface area contributed by atoms with Crippen molar-refractivity contribution in [3.63, 3.8) is 0 Å². The molecule has 0 aromatic carbocycles. The number of nitrogens with zero attached hydrogens (tertiary/aromatic N) is 3. The first kappa shape index (κ1) is 13.5. The SMILES string of the molecule is CCNc1cc([N+](=O)[O-])cc(NN2CCCCC2)n1. The molecular weight excluding hydrogens is 246 g/mol. The van der Waals surface area contributed by atoms with Crippen LogP contribution in [-0.4, -0.2) is 34.6 Å². The van der Waals surface area contributed by atoms with Crippen LogP contribution in [0.3, 0.4) is 0 Å². The van der Waals surface area contributed by atoms with E-state index in [1.807, 2.05) is 6.92 Å². The molecule has 0 radical (unpaired) electrons. The van der Waals surface area contributed by atoms with Crippen molar-refractivity contribution in [1.82, 2.24) is 9.99 Å².